The molecule has 2 N–H and O–H groups in total. The summed E-state index contributed by atoms with van der Waals surface area (Å²) in [6.07, 6.45) is 1.71. The third-order valence-electron chi connectivity index (χ3n) is 3.07. The van der Waals surface area contributed by atoms with Crippen LogP contribution in [0, 0.1) is 0 Å². The average Bonchev–Trinajstić information content (AvgIpc) is 2.50. The molecule has 1 atom stereocenters. The van der Waals surface area contributed by atoms with Gasteiger partial charge >= 0.3 is 0 Å². The number of amides is 1. The summed E-state index contributed by atoms with van der Waals surface area (Å²) in [5, 5.41) is 6.64. The number of nitrogens with zero attached hydrogens (tertiary/aromatic N) is 1. The Labute approximate surface area is 129 Å². The molecule has 0 aliphatic heterocycles. The molecule has 0 spiro atoms. The van der Waals surface area contributed by atoms with Gasteiger partial charge in [-0.1, -0.05) is 17.7 Å². The Kier molecular flexibility index (Phi) is 5.17. The second kappa shape index (κ2) is 7.09. The molecule has 0 fully saturated rings. The summed E-state index contributed by atoms with van der Waals surface area (Å²) in [4.78, 5) is 16.7. The lowest BCUT2D eigenvalue weighted by atomic mass is 10.1. The number of benzene rings is 1. The Hall–Kier alpha value is -2.07. The Morgan fingerprint density at radius 3 is 2.81 bits per heavy atom. The zero-order valence-electron chi connectivity index (χ0n) is 12.1. The van der Waals surface area contributed by atoms with Crippen LogP contribution < -0.4 is 10.6 Å². The Bertz CT molecular complexity index is 616. The van der Waals surface area contributed by atoms with Crippen LogP contribution in [-0.2, 0) is 0 Å². The van der Waals surface area contributed by atoms with Crippen molar-refractivity contribution in [2.75, 3.05) is 11.9 Å². The van der Waals surface area contributed by atoms with Gasteiger partial charge in [-0.2, -0.15) is 0 Å². The third-order valence-corrected chi connectivity index (χ3v) is 3.31. The number of pyridine rings is 1. The molecule has 1 amide bonds. The maximum Gasteiger partial charge on any atom is 0.253 e. The van der Waals surface area contributed by atoms with Crippen molar-refractivity contribution in [3.05, 3.63) is 58.9 Å². The smallest absolute Gasteiger partial charge is 0.253 e. The Morgan fingerprint density at radius 1 is 1.33 bits per heavy atom. The number of halogens is 1. The predicted molar refractivity (Wildman–Crippen MR) is 85.7 cm³/mol. The van der Waals surface area contributed by atoms with Gasteiger partial charge in [0, 0.05) is 23.5 Å². The quantitative estimate of drug-likeness (QED) is 0.886. The van der Waals surface area contributed by atoms with Gasteiger partial charge in [0.2, 0.25) is 0 Å². The van der Waals surface area contributed by atoms with Gasteiger partial charge in [0.1, 0.15) is 0 Å². The zero-order valence-corrected chi connectivity index (χ0v) is 12.8. The van der Waals surface area contributed by atoms with Crippen LogP contribution >= 0.6 is 11.6 Å². The van der Waals surface area contributed by atoms with Crippen molar-refractivity contribution >= 4 is 23.2 Å². The average molecular weight is 304 g/mol. The van der Waals surface area contributed by atoms with Crippen LogP contribution in [0.2, 0.25) is 5.02 Å². The second-order valence-corrected chi connectivity index (χ2v) is 5.11. The van der Waals surface area contributed by atoms with Crippen molar-refractivity contribution in [3.8, 4) is 0 Å². The van der Waals surface area contributed by atoms with Gasteiger partial charge in [-0.3, -0.25) is 9.78 Å². The normalized spacial score (nSPS) is 11.8. The van der Waals surface area contributed by atoms with Crippen LogP contribution in [0.3, 0.4) is 0 Å². The standard InChI is InChI=1S/C16H18ClN3O/c1-3-18-15-8-7-12(17)10-13(15)16(21)20-11(2)14-6-4-5-9-19-14/h4-11,18H,3H2,1-2H3,(H,20,21). The number of carbonyl (C=O) groups is 1. The molecule has 0 aliphatic carbocycles. The summed E-state index contributed by atoms with van der Waals surface area (Å²) in [7, 11) is 0. The van der Waals surface area contributed by atoms with E-state index >= 15 is 0 Å². The van der Waals surface area contributed by atoms with Crippen LogP contribution in [-0.4, -0.2) is 17.4 Å². The van der Waals surface area contributed by atoms with E-state index < -0.39 is 0 Å². The first-order chi connectivity index (χ1) is 10.1. The molecule has 1 heterocycles. The van der Waals surface area contributed by atoms with Crippen LogP contribution in [0.5, 0.6) is 0 Å². The fraction of sp³-hybridized carbons (Fsp3) is 0.250. The maximum absolute atomic E-state index is 12.4. The maximum atomic E-state index is 12.4. The minimum atomic E-state index is -0.174. The zero-order chi connectivity index (χ0) is 15.2. The monoisotopic (exact) mass is 303 g/mol. The summed E-state index contributed by atoms with van der Waals surface area (Å²) in [6.45, 7) is 4.61. The van der Waals surface area contributed by atoms with Crippen molar-refractivity contribution in [2.24, 2.45) is 0 Å². The lowest BCUT2D eigenvalue weighted by Crippen LogP contribution is -2.28. The van der Waals surface area contributed by atoms with Gasteiger partial charge in [-0.05, 0) is 44.2 Å². The van der Waals surface area contributed by atoms with Crippen LogP contribution in [0.4, 0.5) is 5.69 Å². The number of anilines is 1. The number of nitrogens with one attached hydrogen (secondary N) is 2. The van der Waals surface area contributed by atoms with Crippen LogP contribution in [0.15, 0.2) is 42.6 Å². The van der Waals surface area contributed by atoms with E-state index in [1.54, 1.807) is 18.3 Å². The molecule has 0 bridgehead atoms. The van der Waals surface area contributed by atoms with Crippen molar-refractivity contribution in [3.63, 3.8) is 0 Å². The van der Waals surface area contributed by atoms with E-state index in [2.05, 4.69) is 15.6 Å². The highest BCUT2D eigenvalue weighted by Gasteiger charge is 2.15. The predicted octanol–water partition coefficient (Wildman–Crippen LogP) is 3.66. The first-order valence-electron chi connectivity index (χ1n) is 6.87. The van der Waals surface area contributed by atoms with Crippen molar-refractivity contribution < 1.29 is 4.79 Å². The fourth-order valence-electron chi connectivity index (χ4n) is 2.03. The molecule has 0 radical (unpaired) electrons. The number of hydrogen-bond acceptors (Lipinski definition) is 3. The van der Waals surface area contributed by atoms with Gasteiger partial charge in [0.15, 0.2) is 0 Å². The molecule has 110 valence electrons. The molecule has 1 aromatic heterocycles. The van der Waals surface area contributed by atoms with Crippen LogP contribution in [0.25, 0.3) is 0 Å². The lowest BCUT2D eigenvalue weighted by Gasteiger charge is -2.16. The minimum absolute atomic E-state index is 0.174. The molecule has 5 heteroatoms. The number of carbonyl (C=O) groups excluding carboxylic acids is 1. The van der Waals surface area contributed by atoms with E-state index in [9.17, 15) is 4.79 Å². The summed E-state index contributed by atoms with van der Waals surface area (Å²) < 4.78 is 0. The summed E-state index contributed by atoms with van der Waals surface area (Å²) in [5.41, 5.74) is 2.12. The number of rotatable bonds is 5. The first kappa shape index (κ1) is 15.3. The molecule has 0 saturated carbocycles. The summed E-state index contributed by atoms with van der Waals surface area (Å²) in [5.74, 6) is -0.174. The molecule has 1 unspecified atom stereocenters. The molecular weight excluding hydrogens is 286 g/mol. The lowest BCUT2D eigenvalue weighted by molar-refractivity contribution is 0.0940. The van der Waals surface area contributed by atoms with Crippen molar-refractivity contribution in [2.45, 2.75) is 19.9 Å². The molecule has 4 nitrogen and oxygen atoms in total. The van der Waals surface area contributed by atoms with Crippen molar-refractivity contribution in [1.82, 2.24) is 10.3 Å². The van der Waals surface area contributed by atoms with E-state index in [1.165, 1.54) is 0 Å². The molecule has 0 aliphatic rings. The molecule has 2 rings (SSSR count). The minimum Gasteiger partial charge on any atom is -0.385 e. The Morgan fingerprint density at radius 2 is 2.14 bits per heavy atom. The van der Waals surface area contributed by atoms with E-state index in [-0.39, 0.29) is 11.9 Å². The summed E-state index contributed by atoms with van der Waals surface area (Å²) in [6, 6.07) is 10.7. The van der Waals surface area contributed by atoms with Gasteiger partial charge in [-0.25, -0.2) is 0 Å². The molecule has 0 saturated heterocycles. The fourth-order valence-corrected chi connectivity index (χ4v) is 2.20. The molecule has 1 aromatic carbocycles. The molecular formula is C16H18ClN3O. The van der Waals surface area contributed by atoms with Gasteiger partial charge in [0.25, 0.3) is 5.91 Å². The second-order valence-electron chi connectivity index (χ2n) is 4.67. The highest BCUT2D eigenvalue weighted by molar-refractivity contribution is 6.31. The Balaban J connectivity index is 2.18. The van der Waals surface area contributed by atoms with Gasteiger partial charge in [-0.15, -0.1) is 0 Å². The third kappa shape index (κ3) is 3.95. The largest absolute Gasteiger partial charge is 0.385 e. The van der Waals surface area contributed by atoms with Gasteiger partial charge in [0.05, 0.1) is 17.3 Å². The molecule has 2 aromatic rings. The highest BCUT2D eigenvalue weighted by atomic mass is 35.5. The van der Waals surface area contributed by atoms with E-state index in [1.807, 2.05) is 38.1 Å². The first-order valence-corrected chi connectivity index (χ1v) is 7.24. The number of hydrogen-bond donors (Lipinski definition) is 2. The van der Waals surface area contributed by atoms with E-state index in [0.717, 1.165) is 17.9 Å². The topological polar surface area (TPSA) is 54.0 Å². The van der Waals surface area contributed by atoms with Crippen molar-refractivity contribution in [1.29, 1.82) is 0 Å². The van der Waals surface area contributed by atoms with Gasteiger partial charge < -0.3 is 10.6 Å². The number of aromatic nitrogens is 1. The SMILES string of the molecule is CCNc1ccc(Cl)cc1C(=O)NC(C)c1ccccn1. The highest BCUT2D eigenvalue weighted by Crippen LogP contribution is 2.21. The van der Waals surface area contributed by atoms with Crippen LogP contribution in [0.1, 0.15) is 35.9 Å². The van der Waals surface area contributed by atoms with E-state index in [0.29, 0.717) is 10.6 Å². The summed E-state index contributed by atoms with van der Waals surface area (Å²) >= 11 is 5.99. The van der Waals surface area contributed by atoms with E-state index in [4.69, 9.17) is 11.6 Å². The molecule has 21 heavy (non-hydrogen) atoms.